The van der Waals surface area contributed by atoms with Crippen LogP contribution in [0.3, 0.4) is 0 Å². The van der Waals surface area contributed by atoms with Crippen LogP contribution >= 0.6 is 11.8 Å². The molecule has 17 heavy (non-hydrogen) atoms. The van der Waals surface area contributed by atoms with Crippen molar-refractivity contribution in [1.82, 2.24) is 14.6 Å². The van der Waals surface area contributed by atoms with E-state index in [2.05, 4.69) is 17.0 Å². The van der Waals surface area contributed by atoms with Crippen LogP contribution in [0, 0.1) is 0 Å². The van der Waals surface area contributed by atoms with E-state index < -0.39 is 0 Å². The Morgan fingerprint density at radius 2 is 2.29 bits per heavy atom. The fourth-order valence-corrected chi connectivity index (χ4v) is 2.49. The third-order valence-electron chi connectivity index (χ3n) is 2.50. The number of carbonyl (C=O) groups excluding carboxylic acids is 1. The summed E-state index contributed by atoms with van der Waals surface area (Å²) in [4.78, 5) is 15.4. The van der Waals surface area contributed by atoms with E-state index in [9.17, 15) is 4.79 Å². The lowest BCUT2D eigenvalue weighted by atomic mass is 10.2. The van der Waals surface area contributed by atoms with Crippen LogP contribution in [0.2, 0.25) is 0 Å². The van der Waals surface area contributed by atoms with Crippen LogP contribution in [-0.4, -0.2) is 26.6 Å². The predicted octanol–water partition coefficient (Wildman–Crippen LogP) is 2.61. The van der Waals surface area contributed by atoms with Crippen LogP contribution in [0.1, 0.15) is 36.3 Å². The van der Waals surface area contributed by atoms with Crippen molar-refractivity contribution in [3.8, 4) is 0 Å². The number of fused-ring (bicyclic) bond motifs is 1. The predicted molar refractivity (Wildman–Crippen MR) is 68.8 cm³/mol. The molecule has 0 atom stereocenters. The molecule has 0 fully saturated rings. The molecule has 0 aliphatic heterocycles. The maximum Gasteiger partial charge on any atom is 0.167 e. The van der Waals surface area contributed by atoms with Gasteiger partial charge in [-0.05, 0) is 18.2 Å². The van der Waals surface area contributed by atoms with Crippen molar-refractivity contribution >= 4 is 23.7 Å². The van der Waals surface area contributed by atoms with Crippen molar-refractivity contribution in [3.63, 3.8) is 0 Å². The Kier molecular flexibility index (Phi) is 3.78. The average molecular weight is 249 g/mol. The molecule has 0 aromatic carbocycles. The monoisotopic (exact) mass is 249 g/mol. The van der Waals surface area contributed by atoms with Gasteiger partial charge in [-0.1, -0.05) is 20.3 Å². The molecule has 2 heterocycles. The first-order chi connectivity index (χ1) is 8.31. The van der Waals surface area contributed by atoms with Crippen molar-refractivity contribution in [3.05, 3.63) is 23.5 Å². The minimum atomic E-state index is 0.606. The quantitative estimate of drug-likeness (QED) is 0.603. The van der Waals surface area contributed by atoms with Gasteiger partial charge in [0.1, 0.15) is 5.03 Å². The summed E-state index contributed by atoms with van der Waals surface area (Å²) in [6.45, 7) is 4.17. The minimum Gasteiger partial charge on any atom is -0.298 e. The van der Waals surface area contributed by atoms with Crippen LogP contribution in [0.5, 0.6) is 0 Å². The van der Waals surface area contributed by atoms with Gasteiger partial charge in [-0.3, -0.25) is 4.79 Å². The van der Waals surface area contributed by atoms with E-state index in [0.717, 1.165) is 35.6 Å². The average Bonchev–Trinajstić information content (AvgIpc) is 2.68. The summed E-state index contributed by atoms with van der Waals surface area (Å²) in [5.74, 6) is 0.897. The highest BCUT2D eigenvalue weighted by Gasteiger charge is 2.14. The number of aromatic nitrogens is 3. The first-order valence-corrected chi connectivity index (χ1v) is 6.75. The Bertz CT molecular complexity index is 536. The highest BCUT2D eigenvalue weighted by atomic mass is 32.2. The SMILES string of the molecule is CCCc1ccnc2c(C=O)c(SCC)nn12. The van der Waals surface area contributed by atoms with Gasteiger partial charge in [0.15, 0.2) is 11.9 Å². The second kappa shape index (κ2) is 5.31. The molecule has 0 saturated carbocycles. The standard InChI is InChI=1S/C12H15N3OS/c1-3-5-9-6-7-13-11-10(8-16)12(17-4-2)14-15(9)11/h6-8H,3-5H2,1-2H3. The van der Waals surface area contributed by atoms with Crippen LogP contribution in [0.25, 0.3) is 5.65 Å². The maximum atomic E-state index is 11.1. The van der Waals surface area contributed by atoms with E-state index in [1.165, 1.54) is 0 Å². The van der Waals surface area contributed by atoms with E-state index in [1.807, 2.05) is 13.0 Å². The van der Waals surface area contributed by atoms with Gasteiger partial charge in [0, 0.05) is 11.9 Å². The molecule has 2 aromatic heterocycles. The number of thioether (sulfide) groups is 1. The van der Waals surface area contributed by atoms with E-state index in [0.29, 0.717) is 11.2 Å². The molecule has 4 nitrogen and oxygen atoms in total. The summed E-state index contributed by atoms with van der Waals surface area (Å²) in [5, 5.41) is 5.25. The lowest BCUT2D eigenvalue weighted by molar-refractivity contribution is 0.112. The Labute approximate surface area is 104 Å². The molecular weight excluding hydrogens is 234 g/mol. The van der Waals surface area contributed by atoms with Crippen LogP contribution in [0.15, 0.2) is 17.3 Å². The fraction of sp³-hybridized carbons (Fsp3) is 0.417. The van der Waals surface area contributed by atoms with Gasteiger partial charge in [0.25, 0.3) is 0 Å². The number of carbonyl (C=O) groups is 1. The first kappa shape index (κ1) is 12.1. The third kappa shape index (κ3) is 2.20. The summed E-state index contributed by atoms with van der Waals surface area (Å²) in [5.41, 5.74) is 2.38. The van der Waals surface area contributed by atoms with Gasteiger partial charge in [-0.15, -0.1) is 11.8 Å². The van der Waals surface area contributed by atoms with E-state index >= 15 is 0 Å². The fourth-order valence-electron chi connectivity index (χ4n) is 1.78. The number of aryl methyl sites for hydroxylation is 1. The number of hydrogen-bond donors (Lipinski definition) is 0. The van der Waals surface area contributed by atoms with E-state index in [1.54, 1.807) is 22.5 Å². The van der Waals surface area contributed by atoms with Crippen molar-refractivity contribution in [2.24, 2.45) is 0 Å². The van der Waals surface area contributed by atoms with Crippen LogP contribution in [0.4, 0.5) is 0 Å². The first-order valence-electron chi connectivity index (χ1n) is 5.76. The molecule has 0 bridgehead atoms. The Balaban J connectivity index is 2.62. The Morgan fingerprint density at radius 3 is 2.94 bits per heavy atom. The molecule has 0 radical (unpaired) electrons. The van der Waals surface area contributed by atoms with Crippen molar-refractivity contribution in [2.45, 2.75) is 31.7 Å². The van der Waals surface area contributed by atoms with Crippen LogP contribution in [-0.2, 0) is 6.42 Å². The largest absolute Gasteiger partial charge is 0.298 e. The molecule has 5 heteroatoms. The van der Waals surface area contributed by atoms with Crippen LogP contribution < -0.4 is 0 Å². The third-order valence-corrected chi connectivity index (χ3v) is 3.37. The summed E-state index contributed by atoms with van der Waals surface area (Å²) in [6, 6.07) is 1.96. The molecular formula is C12H15N3OS. The highest BCUT2D eigenvalue weighted by Crippen LogP contribution is 2.23. The van der Waals surface area contributed by atoms with Crippen molar-refractivity contribution in [1.29, 1.82) is 0 Å². The van der Waals surface area contributed by atoms with E-state index in [4.69, 9.17) is 0 Å². The number of aldehydes is 1. The molecule has 0 aliphatic carbocycles. The molecule has 0 aliphatic rings. The van der Waals surface area contributed by atoms with Gasteiger partial charge in [0.05, 0.1) is 5.56 Å². The topological polar surface area (TPSA) is 47.3 Å². The molecule has 90 valence electrons. The van der Waals surface area contributed by atoms with Gasteiger partial charge < -0.3 is 0 Å². The molecule has 0 unspecified atom stereocenters. The van der Waals surface area contributed by atoms with Gasteiger partial charge in [-0.25, -0.2) is 9.50 Å². The highest BCUT2D eigenvalue weighted by molar-refractivity contribution is 7.99. The zero-order valence-electron chi connectivity index (χ0n) is 10.0. The summed E-state index contributed by atoms with van der Waals surface area (Å²) >= 11 is 1.58. The maximum absolute atomic E-state index is 11.1. The molecule has 0 amide bonds. The zero-order chi connectivity index (χ0) is 12.3. The smallest absolute Gasteiger partial charge is 0.167 e. The minimum absolute atomic E-state index is 0.606. The number of rotatable bonds is 5. The van der Waals surface area contributed by atoms with Gasteiger partial charge >= 0.3 is 0 Å². The zero-order valence-corrected chi connectivity index (χ0v) is 10.8. The van der Waals surface area contributed by atoms with Crippen molar-refractivity contribution in [2.75, 3.05) is 5.75 Å². The second-order valence-electron chi connectivity index (χ2n) is 3.69. The Hall–Kier alpha value is -1.36. The Morgan fingerprint density at radius 1 is 1.47 bits per heavy atom. The molecule has 2 rings (SSSR count). The lowest BCUT2D eigenvalue weighted by Gasteiger charge is -2.01. The van der Waals surface area contributed by atoms with Crippen molar-refractivity contribution < 1.29 is 4.79 Å². The molecule has 2 aromatic rings. The second-order valence-corrected chi connectivity index (χ2v) is 4.94. The van der Waals surface area contributed by atoms with Gasteiger partial charge in [-0.2, -0.15) is 5.10 Å². The van der Waals surface area contributed by atoms with Gasteiger partial charge in [0.2, 0.25) is 0 Å². The number of nitrogens with zero attached hydrogens (tertiary/aromatic N) is 3. The summed E-state index contributed by atoms with van der Waals surface area (Å²) < 4.78 is 1.80. The normalized spacial score (nSPS) is 10.9. The summed E-state index contributed by atoms with van der Waals surface area (Å²) in [6.07, 6.45) is 4.58. The molecule has 0 N–H and O–H groups in total. The number of hydrogen-bond acceptors (Lipinski definition) is 4. The molecule has 0 saturated heterocycles. The summed E-state index contributed by atoms with van der Waals surface area (Å²) in [7, 11) is 0. The lowest BCUT2D eigenvalue weighted by Crippen LogP contribution is -1.99. The van der Waals surface area contributed by atoms with E-state index in [-0.39, 0.29) is 0 Å². The molecule has 0 spiro atoms.